The van der Waals surface area contributed by atoms with E-state index in [-0.39, 0.29) is 6.04 Å². The summed E-state index contributed by atoms with van der Waals surface area (Å²) in [6, 6.07) is 1.10. The molecule has 0 bridgehead atoms. The van der Waals surface area contributed by atoms with Gasteiger partial charge in [0.25, 0.3) is 15.0 Å². The summed E-state index contributed by atoms with van der Waals surface area (Å²) in [5.74, 6) is -3.68. The monoisotopic (exact) mass is 295 g/mol. The van der Waals surface area contributed by atoms with E-state index in [1.54, 1.807) is 0 Å². The number of rotatable bonds is 3. The van der Waals surface area contributed by atoms with Crippen molar-refractivity contribution >= 4 is 25.6 Å². The predicted molar refractivity (Wildman–Crippen MR) is 59.9 cm³/mol. The number of hydrogen-bond donors (Lipinski definition) is 1. The standard InChI is InChI=1S/C10H8ClF2NO3S/c11-18(16,17)6-3-7(9(13)8(12)4-6)10(15)14-5-1-2-5/h3-5H,1-2H2,(H,14,15). The average molecular weight is 296 g/mol. The lowest BCUT2D eigenvalue weighted by molar-refractivity contribution is 0.0945. The molecule has 1 fully saturated rings. The van der Waals surface area contributed by atoms with E-state index in [2.05, 4.69) is 5.32 Å². The molecule has 0 unspecified atom stereocenters. The van der Waals surface area contributed by atoms with Gasteiger partial charge in [-0.2, -0.15) is 0 Å². The second-order valence-electron chi connectivity index (χ2n) is 3.95. The van der Waals surface area contributed by atoms with E-state index in [0.717, 1.165) is 18.9 Å². The van der Waals surface area contributed by atoms with Gasteiger partial charge in [-0.05, 0) is 25.0 Å². The first-order valence-electron chi connectivity index (χ1n) is 5.03. The highest BCUT2D eigenvalue weighted by Crippen LogP contribution is 2.23. The van der Waals surface area contributed by atoms with E-state index >= 15 is 0 Å². The zero-order valence-corrected chi connectivity index (χ0v) is 10.5. The molecule has 1 aliphatic rings. The van der Waals surface area contributed by atoms with Crippen molar-refractivity contribution in [2.45, 2.75) is 23.8 Å². The molecule has 0 heterocycles. The van der Waals surface area contributed by atoms with Crippen LogP contribution >= 0.6 is 10.7 Å². The van der Waals surface area contributed by atoms with Crippen LogP contribution in [0.5, 0.6) is 0 Å². The molecule has 2 rings (SSSR count). The fourth-order valence-electron chi connectivity index (χ4n) is 1.36. The molecule has 18 heavy (non-hydrogen) atoms. The predicted octanol–water partition coefficient (Wildman–Crippen LogP) is 1.78. The molecule has 0 aromatic heterocycles. The Morgan fingerprint density at radius 2 is 1.94 bits per heavy atom. The van der Waals surface area contributed by atoms with Crippen molar-refractivity contribution in [3.05, 3.63) is 29.3 Å². The molecule has 98 valence electrons. The quantitative estimate of drug-likeness (QED) is 0.865. The third kappa shape index (κ3) is 2.78. The summed E-state index contributed by atoms with van der Waals surface area (Å²) in [4.78, 5) is 10.9. The number of carbonyl (C=O) groups is 1. The van der Waals surface area contributed by atoms with Gasteiger partial charge in [0.2, 0.25) is 0 Å². The molecule has 1 N–H and O–H groups in total. The second kappa shape index (κ2) is 4.47. The average Bonchev–Trinajstić information content (AvgIpc) is 3.03. The van der Waals surface area contributed by atoms with Crippen LogP contribution in [-0.4, -0.2) is 20.4 Å². The highest BCUT2D eigenvalue weighted by Gasteiger charge is 2.27. The van der Waals surface area contributed by atoms with Crippen LogP contribution in [0.2, 0.25) is 0 Å². The number of halogens is 3. The first-order chi connectivity index (χ1) is 8.29. The summed E-state index contributed by atoms with van der Waals surface area (Å²) in [7, 11) is 0.804. The van der Waals surface area contributed by atoms with Crippen LogP contribution in [-0.2, 0) is 9.05 Å². The Bertz CT molecular complexity index is 614. The van der Waals surface area contributed by atoms with Crippen LogP contribution in [0.25, 0.3) is 0 Å². The molecule has 4 nitrogen and oxygen atoms in total. The van der Waals surface area contributed by atoms with E-state index in [1.807, 2.05) is 0 Å². The number of nitrogens with one attached hydrogen (secondary N) is 1. The molecule has 0 atom stereocenters. The van der Waals surface area contributed by atoms with E-state index < -0.39 is 37.1 Å². The Balaban J connectivity index is 2.44. The zero-order valence-electron chi connectivity index (χ0n) is 8.91. The van der Waals surface area contributed by atoms with Gasteiger partial charge >= 0.3 is 0 Å². The smallest absolute Gasteiger partial charge is 0.261 e. The first kappa shape index (κ1) is 13.2. The summed E-state index contributed by atoms with van der Waals surface area (Å²) in [5, 5.41) is 2.43. The zero-order chi connectivity index (χ0) is 13.5. The minimum absolute atomic E-state index is 0.0590. The van der Waals surface area contributed by atoms with E-state index in [1.165, 1.54) is 0 Å². The molecule has 1 aromatic carbocycles. The van der Waals surface area contributed by atoms with Gasteiger partial charge < -0.3 is 5.32 Å². The maximum Gasteiger partial charge on any atom is 0.261 e. The van der Waals surface area contributed by atoms with Crippen LogP contribution in [0.1, 0.15) is 23.2 Å². The molecule has 1 aliphatic carbocycles. The normalized spacial score (nSPS) is 15.5. The molecule has 1 aromatic rings. The lowest BCUT2D eigenvalue weighted by atomic mass is 10.2. The summed E-state index contributed by atoms with van der Waals surface area (Å²) in [6.07, 6.45) is 1.53. The van der Waals surface area contributed by atoms with Gasteiger partial charge in [0.15, 0.2) is 11.6 Å². The molecule has 1 amide bonds. The Labute approximate surface area is 106 Å². The molecule has 0 saturated heterocycles. The van der Waals surface area contributed by atoms with Crippen LogP contribution in [0.15, 0.2) is 17.0 Å². The van der Waals surface area contributed by atoms with Crippen molar-refractivity contribution < 1.29 is 22.0 Å². The van der Waals surface area contributed by atoms with Gasteiger partial charge in [-0.15, -0.1) is 0 Å². The van der Waals surface area contributed by atoms with Crippen molar-refractivity contribution in [3.8, 4) is 0 Å². The summed E-state index contributed by atoms with van der Waals surface area (Å²) >= 11 is 0. The van der Waals surface area contributed by atoms with Crippen LogP contribution in [0.3, 0.4) is 0 Å². The van der Waals surface area contributed by atoms with Gasteiger partial charge in [0.1, 0.15) is 0 Å². The molecule has 0 spiro atoms. The topological polar surface area (TPSA) is 63.2 Å². The lowest BCUT2D eigenvalue weighted by Gasteiger charge is -2.07. The Morgan fingerprint density at radius 1 is 1.33 bits per heavy atom. The molecular formula is C10H8ClF2NO3S. The van der Waals surface area contributed by atoms with Crippen LogP contribution in [0, 0.1) is 11.6 Å². The summed E-state index contributed by atoms with van der Waals surface area (Å²) < 4.78 is 48.7. The van der Waals surface area contributed by atoms with Crippen LogP contribution in [0.4, 0.5) is 8.78 Å². The van der Waals surface area contributed by atoms with Crippen molar-refractivity contribution in [1.82, 2.24) is 5.32 Å². The van der Waals surface area contributed by atoms with Gasteiger partial charge in [0.05, 0.1) is 10.5 Å². The van der Waals surface area contributed by atoms with Crippen molar-refractivity contribution in [1.29, 1.82) is 0 Å². The third-order valence-electron chi connectivity index (χ3n) is 2.44. The number of amides is 1. The van der Waals surface area contributed by atoms with Crippen molar-refractivity contribution in [2.75, 3.05) is 0 Å². The molecule has 8 heteroatoms. The maximum absolute atomic E-state index is 13.4. The maximum atomic E-state index is 13.4. The van der Waals surface area contributed by atoms with Crippen molar-refractivity contribution in [3.63, 3.8) is 0 Å². The van der Waals surface area contributed by atoms with E-state index in [0.29, 0.717) is 6.07 Å². The fraction of sp³-hybridized carbons (Fsp3) is 0.300. The van der Waals surface area contributed by atoms with E-state index in [4.69, 9.17) is 10.7 Å². The highest BCUT2D eigenvalue weighted by molar-refractivity contribution is 8.13. The largest absolute Gasteiger partial charge is 0.349 e. The van der Waals surface area contributed by atoms with Gasteiger partial charge in [-0.1, -0.05) is 0 Å². The number of carbonyl (C=O) groups excluding carboxylic acids is 1. The second-order valence-corrected chi connectivity index (χ2v) is 6.52. The molecular weight excluding hydrogens is 288 g/mol. The van der Waals surface area contributed by atoms with E-state index in [9.17, 15) is 22.0 Å². The van der Waals surface area contributed by atoms with Crippen LogP contribution < -0.4 is 5.32 Å². The summed E-state index contributed by atoms with van der Waals surface area (Å²) in [5.41, 5.74) is -0.666. The fourth-order valence-corrected chi connectivity index (χ4v) is 2.13. The Morgan fingerprint density at radius 3 is 2.44 bits per heavy atom. The van der Waals surface area contributed by atoms with Gasteiger partial charge in [-0.3, -0.25) is 4.79 Å². The molecule has 1 saturated carbocycles. The minimum atomic E-state index is -4.23. The molecule has 0 aliphatic heterocycles. The third-order valence-corrected chi connectivity index (χ3v) is 3.77. The Hall–Kier alpha value is -1.21. The minimum Gasteiger partial charge on any atom is -0.349 e. The number of hydrogen-bond acceptors (Lipinski definition) is 3. The Kier molecular flexibility index (Phi) is 3.29. The van der Waals surface area contributed by atoms with Gasteiger partial charge in [0, 0.05) is 16.7 Å². The van der Waals surface area contributed by atoms with Gasteiger partial charge in [-0.25, -0.2) is 17.2 Å². The van der Waals surface area contributed by atoms with Crippen molar-refractivity contribution in [2.24, 2.45) is 0 Å². The number of benzene rings is 1. The first-order valence-corrected chi connectivity index (χ1v) is 7.34. The summed E-state index contributed by atoms with van der Waals surface area (Å²) in [6.45, 7) is 0. The highest BCUT2D eigenvalue weighted by atomic mass is 35.7. The molecule has 0 radical (unpaired) electrons. The lowest BCUT2D eigenvalue weighted by Crippen LogP contribution is -2.26. The SMILES string of the molecule is O=C(NC1CC1)c1cc(S(=O)(=O)Cl)cc(F)c1F.